The van der Waals surface area contributed by atoms with Gasteiger partial charge in [-0.2, -0.15) is 4.99 Å². The number of carbonyl (C=O) groups is 2. The summed E-state index contributed by atoms with van der Waals surface area (Å²) in [5, 5.41) is 7.37. The van der Waals surface area contributed by atoms with Crippen molar-refractivity contribution in [2.45, 2.75) is 26.5 Å². The number of aliphatic imine (C=N–C) groups is 1. The van der Waals surface area contributed by atoms with Gasteiger partial charge in [0.25, 0.3) is 0 Å². The lowest BCUT2D eigenvalue weighted by Gasteiger charge is -2.20. The highest BCUT2D eigenvalue weighted by atomic mass is 35.5. The van der Waals surface area contributed by atoms with Gasteiger partial charge < -0.3 is 14.8 Å². The van der Waals surface area contributed by atoms with E-state index in [2.05, 4.69) is 25.1 Å². The van der Waals surface area contributed by atoms with Gasteiger partial charge in [-0.05, 0) is 72.6 Å². The van der Waals surface area contributed by atoms with Gasteiger partial charge >= 0.3 is 12.4 Å². The van der Waals surface area contributed by atoms with Crippen LogP contribution in [0.1, 0.15) is 16.7 Å². The molecule has 0 unspecified atom stereocenters. The van der Waals surface area contributed by atoms with Crippen LogP contribution in [0.4, 0.5) is 33.7 Å². The first-order valence-corrected chi connectivity index (χ1v) is 16.1. The molecule has 256 valence electrons. The maximum absolute atomic E-state index is 15.2. The highest BCUT2D eigenvalue weighted by Gasteiger charge is 2.33. The molecule has 0 saturated carbocycles. The standard InChI is InChI=1S/C34H25ClF4N6O4S/c1-20-6-7-23(17-48-16-22-4-2-3-5-26(22)35)29(14-20)45-30(46)18-50-33(45)42-32(47)41-28-13-8-21(15-27(28)36)31-40-19-44(43-31)24-9-11-25(12-10-24)49-34(37,38)39/h2-15,19H,16-18H2,1H3,(H,41,47)/b42-33-. The molecule has 1 N–H and O–H groups in total. The molecule has 1 saturated heterocycles. The number of halogens is 5. The number of nitrogens with one attached hydrogen (secondary N) is 1. The Morgan fingerprint density at radius 1 is 1.02 bits per heavy atom. The van der Waals surface area contributed by atoms with Crippen molar-refractivity contribution in [1.82, 2.24) is 14.8 Å². The van der Waals surface area contributed by atoms with Crippen molar-refractivity contribution < 1.29 is 36.6 Å². The number of hydrogen-bond acceptors (Lipinski definition) is 7. The maximum atomic E-state index is 15.2. The summed E-state index contributed by atoms with van der Waals surface area (Å²) in [6, 6.07) is 20.8. The average molecular weight is 725 g/mol. The van der Waals surface area contributed by atoms with Crippen molar-refractivity contribution >= 4 is 51.8 Å². The van der Waals surface area contributed by atoms with Crippen molar-refractivity contribution in [2.75, 3.05) is 16.0 Å². The van der Waals surface area contributed by atoms with Gasteiger partial charge in [0.1, 0.15) is 17.9 Å². The lowest BCUT2D eigenvalue weighted by molar-refractivity contribution is -0.274. The molecule has 0 radical (unpaired) electrons. The number of urea groups is 1. The number of anilines is 2. The van der Waals surface area contributed by atoms with Gasteiger partial charge in [-0.15, -0.1) is 18.3 Å². The van der Waals surface area contributed by atoms with Crippen LogP contribution in [-0.4, -0.2) is 44.0 Å². The molecule has 4 aromatic carbocycles. The van der Waals surface area contributed by atoms with E-state index in [1.165, 1.54) is 40.2 Å². The summed E-state index contributed by atoms with van der Waals surface area (Å²) < 4.78 is 63.6. The molecule has 1 fully saturated rings. The fourth-order valence-corrected chi connectivity index (χ4v) is 5.93. The summed E-state index contributed by atoms with van der Waals surface area (Å²) in [5.74, 6) is -1.31. The highest BCUT2D eigenvalue weighted by Crippen LogP contribution is 2.32. The van der Waals surface area contributed by atoms with Crippen LogP contribution < -0.4 is 15.0 Å². The Morgan fingerprint density at radius 3 is 2.52 bits per heavy atom. The number of amides is 3. The molecule has 0 aliphatic carbocycles. The predicted octanol–water partition coefficient (Wildman–Crippen LogP) is 8.32. The zero-order chi connectivity index (χ0) is 35.4. The number of nitrogens with zero attached hydrogens (tertiary/aromatic N) is 5. The Bertz CT molecular complexity index is 2090. The van der Waals surface area contributed by atoms with Crippen LogP contribution in [0.3, 0.4) is 0 Å². The molecule has 2 heterocycles. The third-order valence-corrected chi connectivity index (χ3v) is 8.50. The normalized spacial score (nSPS) is 14.0. The van der Waals surface area contributed by atoms with Crippen LogP contribution in [0.25, 0.3) is 17.1 Å². The summed E-state index contributed by atoms with van der Waals surface area (Å²) in [6.45, 7) is 2.28. The molecule has 1 aliphatic rings. The maximum Gasteiger partial charge on any atom is 0.573 e. The van der Waals surface area contributed by atoms with E-state index in [0.717, 1.165) is 41.1 Å². The van der Waals surface area contributed by atoms with Crippen LogP contribution in [0.15, 0.2) is 96.2 Å². The molecule has 6 rings (SSSR count). The van der Waals surface area contributed by atoms with E-state index in [9.17, 15) is 22.8 Å². The molecule has 0 spiro atoms. The zero-order valence-electron chi connectivity index (χ0n) is 25.9. The first-order valence-electron chi connectivity index (χ1n) is 14.8. The quantitative estimate of drug-likeness (QED) is 0.152. The largest absolute Gasteiger partial charge is 0.573 e. The van der Waals surface area contributed by atoms with Gasteiger partial charge in [-0.3, -0.25) is 9.69 Å². The lowest BCUT2D eigenvalue weighted by atomic mass is 10.1. The minimum atomic E-state index is -4.82. The lowest BCUT2D eigenvalue weighted by Crippen LogP contribution is -2.31. The van der Waals surface area contributed by atoms with E-state index >= 15 is 4.39 Å². The van der Waals surface area contributed by atoms with Crippen molar-refractivity contribution in [1.29, 1.82) is 0 Å². The molecule has 0 atom stereocenters. The van der Waals surface area contributed by atoms with E-state index in [4.69, 9.17) is 16.3 Å². The van der Waals surface area contributed by atoms with Gasteiger partial charge in [0.15, 0.2) is 11.0 Å². The monoisotopic (exact) mass is 724 g/mol. The SMILES string of the molecule is Cc1ccc(COCc2ccccc2Cl)c(N2C(=O)CS/C2=N\C(=O)Nc2ccc(-c3ncn(-c4ccc(OC(F)(F)F)cc4)n3)cc2F)c1. The van der Waals surface area contributed by atoms with Gasteiger partial charge in [0, 0.05) is 16.1 Å². The van der Waals surface area contributed by atoms with E-state index in [-0.39, 0.29) is 47.1 Å². The van der Waals surface area contributed by atoms with E-state index < -0.39 is 24.0 Å². The number of aryl methyl sites for hydroxylation is 1. The van der Waals surface area contributed by atoms with Crippen LogP contribution in [0.2, 0.25) is 5.02 Å². The number of alkyl halides is 3. The Hall–Kier alpha value is -5.25. The number of amidine groups is 1. The second-order valence-electron chi connectivity index (χ2n) is 10.8. The zero-order valence-corrected chi connectivity index (χ0v) is 27.5. The Kier molecular flexibility index (Phi) is 10.2. The summed E-state index contributed by atoms with van der Waals surface area (Å²) in [7, 11) is 0. The molecule has 50 heavy (non-hydrogen) atoms. The molecule has 10 nitrogen and oxygen atoms in total. The fourth-order valence-electron chi connectivity index (χ4n) is 4.88. The highest BCUT2D eigenvalue weighted by molar-refractivity contribution is 8.15. The van der Waals surface area contributed by atoms with Crippen LogP contribution in [0.5, 0.6) is 5.75 Å². The summed E-state index contributed by atoms with van der Waals surface area (Å²) in [6.07, 6.45) is -3.50. The molecule has 16 heteroatoms. The number of benzene rings is 4. The number of thioether (sulfide) groups is 1. The second kappa shape index (κ2) is 14.7. The molecule has 0 bridgehead atoms. The van der Waals surface area contributed by atoms with Crippen LogP contribution in [-0.2, 0) is 22.7 Å². The molecule has 3 amide bonds. The fraction of sp³-hybridized carbons (Fsp3) is 0.147. The first-order chi connectivity index (χ1) is 23.9. The second-order valence-corrected chi connectivity index (χ2v) is 12.2. The van der Waals surface area contributed by atoms with Gasteiger partial charge in [0.2, 0.25) is 5.91 Å². The van der Waals surface area contributed by atoms with Crippen molar-refractivity contribution in [3.05, 3.63) is 119 Å². The minimum absolute atomic E-state index is 0.0498. The molecular formula is C34H25ClF4N6O4S. The predicted molar refractivity (Wildman–Crippen MR) is 181 cm³/mol. The number of ether oxygens (including phenoxy) is 2. The first kappa shape index (κ1) is 34.6. The molecule has 1 aromatic heterocycles. The third kappa shape index (κ3) is 8.30. The summed E-state index contributed by atoms with van der Waals surface area (Å²) in [5.41, 5.74) is 3.38. The van der Waals surface area contributed by atoms with Gasteiger partial charge in [-0.1, -0.05) is 53.7 Å². The van der Waals surface area contributed by atoms with Gasteiger partial charge in [-0.25, -0.2) is 18.9 Å². The number of hydrogen-bond donors (Lipinski definition) is 1. The Labute approximate surface area is 291 Å². The summed E-state index contributed by atoms with van der Waals surface area (Å²) >= 11 is 7.32. The summed E-state index contributed by atoms with van der Waals surface area (Å²) in [4.78, 5) is 35.6. The minimum Gasteiger partial charge on any atom is -0.406 e. The van der Waals surface area contributed by atoms with E-state index in [1.54, 1.807) is 12.1 Å². The topological polar surface area (TPSA) is 111 Å². The molecular weight excluding hydrogens is 700 g/mol. The smallest absolute Gasteiger partial charge is 0.406 e. The number of rotatable bonds is 9. The number of carbonyl (C=O) groups excluding carboxylic acids is 2. The molecule has 5 aromatic rings. The average Bonchev–Trinajstić information content (AvgIpc) is 3.70. The van der Waals surface area contributed by atoms with Crippen molar-refractivity contribution in [3.63, 3.8) is 0 Å². The van der Waals surface area contributed by atoms with E-state index in [1.807, 2.05) is 37.3 Å². The van der Waals surface area contributed by atoms with Crippen molar-refractivity contribution in [2.24, 2.45) is 4.99 Å². The van der Waals surface area contributed by atoms with Crippen molar-refractivity contribution in [3.8, 4) is 22.8 Å². The van der Waals surface area contributed by atoms with E-state index in [0.29, 0.717) is 22.0 Å². The molecule has 1 aliphatic heterocycles. The third-order valence-electron chi connectivity index (χ3n) is 7.21. The van der Waals surface area contributed by atoms with Crippen LogP contribution in [0, 0.1) is 12.7 Å². The Balaban J connectivity index is 1.14. The van der Waals surface area contributed by atoms with Gasteiger partial charge in [0.05, 0.1) is 36.0 Å². The Morgan fingerprint density at radius 2 is 1.78 bits per heavy atom. The number of aromatic nitrogens is 3. The van der Waals surface area contributed by atoms with Crippen LogP contribution >= 0.6 is 23.4 Å².